The lowest BCUT2D eigenvalue weighted by molar-refractivity contribution is 0.0700. The van der Waals surface area contributed by atoms with Crippen LogP contribution in [-0.4, -0.2) is 44.1 Å². The Morgan fingerprint density at radius 1 is 1.15 bits per heavy atom. The number of aromatic amines is 1. The normalized spacial score (nSPS) is 17.3. The fourth-order valence-electron chi connectivity index (χ4n) is 3.44. The third-order valence-corrected chi connectivity index (χ3v) is 4.68. The molecular weight excluding hydrogens is 333 g/mol. The molecule has 0 bridgehead atoms. The van der Waals surface area contributed by atoms with Gasteiger partial charge in [0.2, 0.25) is 0 Å². The SMILES string of the molecule is O=C(c1ccn[nH]1)N1CCC[C@@H](c2nccnc2-c2ccccc2F)C1. The van der Waals surface area contributed by atoms with E-state index in [4.69, 9.17) is 0 Å². The third-order valence-electron chi connectivity index (χ3n) is 4.68. The summed E-state index contributed by atoms with van der Waals surface area (Å²) in [7, 11) is 0. The molecule has 4 rings (SSSR count). The number of amides is 1. The number of nitrogens with one attached hydrogen (secondary N) is 1. The van der Waals surface area contributed by atoms with Gasteiger partial charge in [-0.1, -0.05) is 12.1 Å². The van der Waals surface area contributed by atoms with Gasteiger partial charge in [-0.25, -0.2) is 4.39 Å². The van der Waals surface area contributed by atoms with Crippen LogP contribution < -0.4 is 0 Å². The first-order chi connectivity index (χ1) is 12.7. The van der Waals surface area contributed by atoms with Gasteiger partial charge in [-0.3, -0.25) is 19.9 Å². The molecule has 1 aromatic carbocycles. The van der Waals surface area contributed by atoms with Gasteiger partial charge in [0, 0.05) is 43.2 Å². The zero-order chi connectivity index (χ0) is 17.9. The molecule has 1 fully saturated rings. The highest BCUT2D eigenvalue weighted by atomic mass is 19.1. The van der Waals surface area contributed by atoms with E-state index in [9.17, 15) is 9.18 Å². The second-order valence-corrected chi connectivity index (χ2v) is 6.33. The number of H-pyrrole nitrogens is 1. The summed E-state index contributed by atoms with van der Waals surface area (Å²) in [6.45, 7) is 1.21. The van der Waals surface area contributed by atoms with Crippen molar-refractivity contribution in [3.8, 4) is 11.3 Å². The molecule has 0 unspecified atom stereocenters. The summed E-state index contributed by atoms with van der Waals surface area (Å²) < 4.78 is 14.3. The van der Waals surface area contributed by atoms with Gasteiger partial charge in [-0.05, 0) is 31.0 Å². The highest BCUT2D eigenvalue weighted by Gasteiger charge is 2.29. The van der Waals surface area contributed by atoms with Crippen molar-refractivity contribution in [1.82, 2.24) is 25.1 Å². The van der Waals surface area contributed by atoms with E-state index < -0.39 is 0 Å². The summed E-state index contributed by atoms with van der Waals surface area (Å²) >= 11 is 0. The van der Waals surface area contributed by atoms with Gasteiger partial charge in [0.05, 0.1) is 11.4 Å². The highest BCUT2D eigenvalue weighted by Crippen LogP contribution is 2.33. The molecule has 1 N–H and O–H groups in total. The topological polar surface area (TPSA) is 74.8 Å². The number of likely N-dealkylation sites (tertiary alicyclic amines) is 1. The number of halogens is 1. The summed E-state index contributed by atoms with van der Waals surface area (Å²) in [6, 6.07) is 8.23. The van der Waals surface area contributed by atoms with Crippen LogP contribution >= 0.6 is 0 Å². The minimum absolute atomic E-state index is 0.0129. The molecule has 0 saturated carbocycles. The lowest BCUT2D eigenvalue weighted by Crippen LogP contribution is -2.39. The van der Waals surface area contributed by atoms with Crippen LogP contribution in [0.25, 0.3) is 11.3 Å². The van der Waals surface area contributed by atoms with E-state index >= 15 is 0 Å². The second kappa shape index (κ2) is 7.03. The van der Waals surface area contributed by atoms with Crippen LogP contribution in [0.4, 0.5) is 4.39 Å². The summed E-state index contributed by atoms with van der Waals surface area (Å²) in [4.78, 5) is 23.3. The molecule has 2 aromatic heterocycles. The van der Waals surface area contributed by atoms with Crippen molar-refractivity contribution in [3.05, 3.63) is 66.1 Å². The number of benzene rings is 1. The van der Waals surface area contributed by atoms with E-state index in [-0.39, 0.29) is 17.6 Å². The number of hydrogen-bond acceptors (Lipinski definition) is 4. The van der Waals surface area contributed by atoms with Crippen molar-refractivity contribution in [2.24, 2.45) is 0 Å². The first-order valence-electron chi connectivity index (χ1n) is 8.58. The quantitative estimate of drug-likeness (QED) is 0.787. The Labute approximate surface area is 150 Å². The first kappa shape index (κ1) is 16.4. The van der Waals surface area contributed by atoms with Crippen molar-refractivity contribution in [2.75, 3.05) is 13.1 Å². The fraction of sp³-hybridized carbons (Fsp3) is 0.263. The Morgan fingerprint density at radius 2 is 2.00 bits per heavy atom. The second-order valence-electron chi connectivity index (χ2n) is 6.33. The molecule has 3 aromatic rings. The van der Waals surface area contributed by atoms with Crippen LogP contribution in [0.3, 0.4) is 0 Å². The standard InChI is InChI=1S/C19H18FN5O/c20-15-6-2-1-5-14(15)18-17(21-9-10-22-18)13-4-3-11-25(12-13)19(26)16-7-8-23-24-16/h1-2,5-10,13H,3-4,11-12H2,(H,23,24)/t13-/m1/s1. The molecule has 6 nitrogen and oxygen atoms in total. The van der Waals surface area contributed by atoms with Crippen molar-refractivity contribution in [2.45, 2.75) is 18.8 Å². The lowest BCUT2D eigenvalue weighted by Gasteiger charge is -2.32. The van der Waals surface area contributed by atoms with Gasteiger partial charge < -0.3 is 4.90 Å². The lowest BCUT2D eigenvalue weighted by atomic mass is 9.91. The molecule has 132 valence electrons. The van der Waals surface area contributed by atoms with Gasteiger partial charge in [0.25, 0.3) is 5.91 Å². The molecule has 3 heterocycles. The Balaban J connectivity index is 1.64. The van der Waals surface area contributed by atoms with E-state index in [1.807, 2.05) is 0 Å². The monoisotopic (exact) mass is 351 g/mol. The molecule has 1 atom stereocenters. The Hall–Kier alpha value is -3.09. The van der Waals surface area contributed by atoms with Crippen molar-refractivity contribution < 1.29 is 9.18 Å². The smallest absolute Gasteiger partial charge is 0.271 e. The number of carbonyl (C=O) groups is 1. The molecule has 1 aliphatic rings. The summed E-state index contributed by atoms with van der Waals surface area (Å²) in [5, 5.41) is 6.56. The predicted octanol–water partition coefficient (Wildman–Crippen LogP) is 3.03. The van der Waals surface area contributed by atoms with Gasteiger partial charge in [-0.15, -0.1) is 0 Å². The van der Waals surface area contributed by atoms with Crippen molar-refractivity contribution >= 4 is 5.91 Å². The number of aromatic nitrogens is 4. The van der Waals surface area contributed by atoms with E-state index in [0.717, 1.165) is 18.5 Å². The average molecular weight is 351 g/mol. The molecule has 0 aliphatic carbocycles. The van der Waals surface area contributed by atoms with Crippen molar-refractivity contribution in [3.63, 3.8) is 0 Å². The molecule has 7 heteroatoms. The molecular formula is C19H18FN5O. The minimum Gasteiger partial charge on any atom is -0.337 e. The van der Waals surface area contributed by atoms with Crippen LogP contribution in [0.5, 0.6) is 0 Å². The zero-order valence-electron chi connectivity index (χ0n) is 14.1. The van der Waals surface area contributed by atoms with Crippen LogP contribution in [0, 0.1) is 5.82 Å². The molecule has 1 amide bonds. The van der Waals surface area contributed by atoms with E-state index in [1.54, 1.807) is 47.8 Å². The van der Waals surface area contributed by atoms with Gasteiger partial charge in [0.15, 0.2) is 0 Å². The van der Waals surface area contributed by atoms with Crippen LogP contribution in [0.1, 0.15) is 34.9 Å². The largest absolute Gasteiger partial charge is 0.337 e. The van der Waals surface area contributed by atoms with E-state index in [2.05, 4.69) is 20.2 Å². The first-order valence-corrected chi connectivity index (χ1v) is 8.58. The maximum absolute atomic E-state index is 14.3. The highest BCUT2D eigenvalue weighted by molar-refractivity contribution is 5.92. The average Bonchev–Trinajstić information content (AvgIpc) is 3.23. The molecule has 1 aliphatic heterocycles. The number of nitrogens with zero attached hydrogens (tertiary/aromatic N) is 4. The zero-order valence-corrected chi connectivity index (χ0v) is 14.1. The van der Waals surface area contributed by atoms with E-state index in [1.165, 1.54) is 6.07 Å². The van der Waals surface area contributed by atoms with Gasteiger partial charge in [0.1, 0.15) is 11.5 Å². The summed E-state index contributed by atoms with van der Waals surface area (Å²) in [5.74, 6) is -0.391. The fourth-order valence-corrected chi connectivity index (χ4v) is 3.44. The molecule has 26 heavy (non-hydrogen) atoms. The van der Waals surface area contributed by atoms with Crippen LogP contribution in [0.2, 0.25) is 0 Å². The molecule has 0 radical (unpaired) electrons. The van der Waals surface area contributed by atoms with E-state index in [0.29, 0.717) is 30.0 Å². The number of hydrogen-bond donors (Lipinski definition) is 1. The van der Waals surface area contributed by atoms with Crippen molar-refractivity contribution in [1.29, 1.82) is 0 Å². The number of carbonyl (C=O) groups excluding carboxylic acids is 1. The maximum atomic E-state index is 14.3. The Kier molecular flexibility index (Phi) is 4.43. The molecule has 1 saturated heterocycles. The Bertz CT molecular complexity index is 912. The third kappa shape index (κ3) is 3.08. The summed E-state index contributed by atoms with van der Waals surface area (Å²) in [5.41, 5.74) is 2.19. The molecule has 0 spiro atoms. The number of piperidine rings is 1. The predicted molar refractivity (Wildman–Crippen MR) is 93.9 cm³/mol. The Morgan fingerprint density at radius 3 is 2.81 bits per heavy atom. The number of rotatable bonds is 3. The van der Waals surface area contributed by atoms with Crippen LogP contribution in [-0.2, 0) is 0 Å². The maximum Gasteiger partial charge on any atom is 0.271 e. The minimum atomic E-state index is -0.324. The van der Waals surface area contributed by atoms with Gasteiger partial charge in [-0.2, -0.15) is 5.10 Å². The summed E-state index contributed by atoms with van der Waals surface area (Å²) in [6.07, 6.45) is 6.50. The van der Waals surface area contributed by atoms with Crippen LogP contribution in [0.15, 0.2) is 48.9 Å². The van der Waals surface area contributed by atoms with Gasteiger partial charge >= 0.3 is 0 Å².